The molecule has 2 aliphatic heterocycles. The third kappa shape index (κ3) is 4.87. The number of nitrogens with zero attached hydrogens (tertiary/aromatic N) is 3. The van der Waals surface area contributed by atoms with Gasteiger partial charge in [0.1, 0.15) is 10.6 Å². The molecule has 1 amide bonds. The fraction of sp³-hybridized carbons (Fsp3) is 0.619. The molecule has 4 rings (SSSR count). The lowest BCUT2D eigenvalue weighted by Gasteiger charge is -2.34. The minimum atomic E-state index is -3.68. The van der Waals surface area contributed by atoms with E-state index < -0.39 is 10.0 Å². The van der Waals surface area contributed by atoms with Gasteiger partial charge in [0, 0.05) is 37.0 Å². The summed E-state index contributed by atoms with van der Waals surface area (Å²) in [4.78, 5) is 16.6. The highest BCUT2D eigenvalue weighted by atomic mass is 32.2. The Morgan fingerprint density at radius 1 is 1.29 bits per heavy atom. The molecule has 2 aliphatic rings. The molecule has 8 nitrogen and oxygen atoms in total. The zero-order valence-electron chi connectivity index (χ0n) is 18.0. The molecule has 1 atom stereocenters. The molecule has 0 spiro atoms. The van der Waals surface area contributed by atoms with Crippen LogP contribution in [-0.4, -0.2) is 61.0 Å². The Bertz CT molecular complexity index is 969. The maximum absolute atomic E-state index is 13.4. The van der Waals surface area contributed by atoms with E-state index in [0.29, 0.717) is 50.5 Å². The molecule has 0 N–H and O–H groups in total. The molecule has 0 aromatic carbocycles. The summed E-state index contributed by atoms with van der Waals surface area (Å²) >= 11 is 1.64. The predicted octanol–water partition coefficient (Wildman–Crippen LogP) is 2.96. The molecule has 2 aromatic heterocycles. The first-order chi connectivity index (χ1) is 14.9. The number of amides is 1. The maximum Gasteiger partial charge on any atom is 0.248 e. The summed E-state index contributed by atoms with van der Waals surface area (Å²) < 4.78 is 38.4. The summed E-state index contributed by atoms with van der Waals surface area (Å²) in [5, 5.41) is 5.79. The number of hydrogen-bond acceptors (Lipinski definition) is 7. The van der Waals surface area contributed by atoms with Crippen molar-refractivity contribution in [2.75, 3.05) is 26.2 Å². The van der Waals surface area contributed by atoms with Crippen molar-refractivity contribution < 1.29 is 22.5 Å². The van der Waals surface area contributed by atoms with Gasteiger partial charge < -0.3 is 14.2 Å². The number of rotatable bonds is 7. The fourth-order valence-corrected chi connectivity index (χ4v) is 6.91. The van der Waals surface area contributed by atoms with E-state index in [9.17, 15) is 13.2 Å². The lowest BCUT2D eigenvalue weighted by atomic mass is 9.96. The van der Waals surface area contributed by atoms with Gasteiger partial charge >= 0.3 is 0 Å². The molecule has 1 unspecified atom stereocenters. The second-order valence-electron chi connectivity index (χ2n) is 8.26. The van der Waals surface area contributed by atoms with E-state index in [1.165, 1.54) is 4.31 Å². The molecule has 31 heavy (non-hydrogen) atoms. The predicted molar refractivity (Wildman–Crippen MR) is 116 cm³/mol. The van der Waals surface area contributed by atoms with Crippen LogP contribution in [0, 0.1) is 19.8 Å². The van der Waals surface area contributed by atoms with E-state index >= 15 is 0 Å². The van der Waals surface area contributed by atoms with Gasteiger partial charge in [-0.25, -0.2) is 8.42 Å². The van der Waals surface area contributed by atoms with Gasteiger partial charge in [-0.2, -0.15) is 4.31 Å². The van der Waals surface area contributed by atoms with Gasteiger partial charge in [-0.15, -0.1) is 11.3 Å². The molecule has 4 heterocycles. The summed E-state index contributed by atoms with van der Waals surface area (Å²) in [5.74, 6) is 0.213. The summed E-state index contributed by atoms with van der Waals surface area (Å²) in [7, 11) is -3.68. The van der Waals surface area contributed by atoms with Crippen molar-refractivity contribution in [3.05, 3.63) is 33.8 Å². The first-order valence-corrected chi connectivity index (χ1v) is 13.0. The van der Waals surface area contributed by atoms with Crippen molar-refractivity contribution >= 4 is 27.3 Å². The van der Waals surface area contributed by atoms with Crippen LogP contribution in [0.5, 0.6) is 0 Å². The van der Waals surface area contributed by atoms with Gasteiger partial charge in [0.25, 0.3) is 0 Å². The standard InChI is InChI=1S/C21H29N3O5S2/c1-15-20(16(2)29-22-15)31(26,27)24-9-7-17(8-10-24)21(25)23(13-18-5-3-11-28-18)14-19-6-4-12-30-19/h4,6,12,17-18H,3,5,7-11,13-14H2,1-2H3. The molecule has 0 bridgehead atoms. The molecule has 2 saturated heterocycles. The monoisotopic (exact) mass is 467 g/mol. The molecular formula is C21H29N3O5S2. The number of piperidine rings is 1. The second kappa shape index (κ2) is 9.40. The molecule has 0 saturated carbocycles. The Kier molecular flexibility index (Phi) is 6.80. The zero-order valence-corrected chi connectivity index (χ0v) is 19.6. The minimum Gasteiger partial charge on any atom is -0.376 e. The lowest BCUT2D eigenvalue weighted by Crippen LogP contribution is -2.46. The first kappa shape index (κ1) is 22.4. The van der Waals surface area contributed by atoms with Crippen molar-refractivity contribution in [1.29, 1.82) is 0 Å². The van der Waals surface area contributed by atoms with Crippen molar-refractivity contribution in [2.45, 2.75) is 57.1 Å². The second-order valence-corrected chi connectivity index (χ2v) is 11.2. The van der Waals surface area contributed by atoms with Gasteiger partial charge in [-0.1, -0.05) is 11.2 Å². The van der Waals surface area contributed by atoms with Gasteiger partial charge in [0.05, 0.1) is 12.6 Å². The zero-order chi connectivity index (χ0) is 22.0. The van der Waals surface area contributed by atoms with E-state index in [-0.39, 0.29) is 22.8 Å². The van der Waals surface area contributed by atoms with Crippen LogP contribution >= 0.6 is 11.3 Å². The van der Waals surface area contributed by atoms with Crippen LogP contribution in [0.2, 0.25) is 0 Å². The Labute approximate surface area is 187 Å². The highest BCUT2D eigenvalue weighted by molar-refractivity contribution is 7.89. The summed E-state index contributed by atoms with van der Waals surface area (Å²) in [6.45, 7) is 5.79. The SMILES string of the molecule is Cc1noc(C)c1S(=O)(=O)N1CCC(C(=O)N(Cc2cccs2)CC2CCCO2)CC1. The van der Waals surface area contributed by atoms with Crippen LogP contribution in [0.1, 0.15) is 42.0 Å². The third-order valence-corrected chi connectivity index (χ3v) is 9.06. The Balaban J connectivity index is 1.42. The van der Waals surface area contributed by atoms with Gasteiger partial charge in [-0.05, 0) is 51.0 Å². The average molecular weight is 468 g/mol. The molecular weight excluding hydrogens is 438 g/mol. The van der Waals surface area contributed by atoms with E-state index in [1.807, 2.05) is 22.4 Å². The van der Waals surface area contributed by atoms with E-state index in [1.54, 1.807) is 25.2 Å². The van der Waals surface area contributed by atoms with Gasteiger partial charge in [0.2, 0.25) is 15.9 Å². The Hall–Kier alpha value is -1.75. The topological polar surface area (TPSA) is 93.0 Å². The highest BCUT2D eigenvalue weighted by Gasteiger charge is 2.37. The molecule has 170 valence electrons. The minimum absolute atomic E-state index is 0.0870. The Morgan fingerprint density at radius 3 is 2.65 bits per heavy atom. The summed E-state index contributed by atoms with van der Waals surface area (Å²) in [5.41, 5.74) is 0.370. The number of sulfonamides is 1. The lowest BCUT2D eigenvalue weighted by molar-refractivity contribution is -0.139. The Morgan fingerprint density at radius 2 is 2.06 bits per heavy atom. The number of aryl methyl sites for hydroxylation is 2. The fourth-order valence-electron chi connectivity index (χ4n) is 4.43. The molecule has 10 heteroatoms. The van der Waals surface area contributed by atoms with Gasteiger partial charge in [0.15, 0.2) is 5.76 Å². The number of aromatic nitrogens is 1. The van der Waals surface area contributed by atoms with Crippen LogP contribution < -0.4 is 0 Å². The number of thiophene rings is 1. The van der Waals surface area contributed by atoms with Crippen LogP contribution in [0.4, 0.5) is 0 Å². The quantitative estimate of drug-likeness (QED) is 0.622. The largest absolute Gasteiger partial charge is 0.376 e. The molecule has 2 fully saturated rings. The van der Waals surface area contributed by atoms with Crippen LogP contribution in [-0.2, 0) is 26.1 Å². The number of hydrogen-bond donors (Lipinski definition) is 0. The van der Waals surface area contributed by atoms with Crippen molar-refractivity contribution in [3.8, 4) is 0 Å². The van der Waals surface area contributed by atoms with Crippen LogP contribution in [0.25, 0.3) is 0 Å². The van der Waals surface area contributed by atoms with Gasteiger partial charge in [-0.3, -0.25) is 4.79 Å². The first-order valence-electron chi connectivity index (χ1n) is 10.7. The van der Waals surface area contributed by atoms with E-state index in [0.717, 1.165) is 24.3 Å². The average Bonchev–Trinajstić information content (AvgIpc) is 3.51. The molecule has 0 aliphatic carbocycles. The number of ether oxygens (including phenoxy) is 1. The van der Waals surface area contributed by atoms with E-state index in [4.69, 9.17) is 9.26 Å². The van der Waals surface area contributed by atoms with Crippen molar-refractivity contribution in [3.63, 3.8) is 0 Å². The normalized spacial score (nSPS) is 20.9. The summed E-state index contributed by atoms with van der Waals surface area (Å²) in [6, 6.07) is 4.03. The maximum atomic E-state index is 13.4. The van der Waals surface area contributed by atoms with Crippen LogP contribution in [0.3, 0.4) is 0 Å². The molecule has 2 aromatic rings. The third-order valence-electron chi connectivity index (χ3n) is 6.06. The highest BCUT2D eigenvalue weighted by Crippen LogP contribution is 2.29. The number of carbonyl (C=O) groups excluding carboxylic acids is 1. The van der Waals surface area contributed by atoms with Crippen molar-refractivity contribution in [2.24, 2.45) is 5.92 Å². The van der Waals surface area contributed by atoms with E-state index in [2.05, 4.69) is 5.16 Å². The molecule has 0 radical (unpaired) electrons. The van der Waals surface area contributed by atoms with Crippen molar-refractivity contribution in [1.82, 2.24) is 14.4 Å². The summed E-state index contributed by atoms with van der Waals surface area (Å²) in [6.07, 6.45) is 3.11. The smallest absolute Gasteiger partial charge is 0.248 e. The number of carbonyl (C=O) groups is 1. The van der Waals surface area contributed by atoms with Crippen LogP contribution in [0.15, 0.2) is 26.9 Å².